The van der Waals surface area contributed by atoms with Crippen LogP contribution in [0.15, 0.2) is 91.0 Å². The molecule has 1 saturated heterocycles. The zero-order valence-electron chi connectivity index (χ0n) is 21.6. The van der Waals surface area contributed by atoms with Crippen molar-refractivity contribution in [3.63, 3.8) is 0 Å². The van der Waals surface area contributed by atoms with E-state index in [1.165, 1.54) is 0 Å². The summed E-state index contributed by atoms with van der Waals surface area (Å²) in [5, 5.41) is 21.7. The second-order valence-corrected chi connectivity index (χ2v) is 8.56. The monoisotopic (exact) mass is 480 g/mol. The molecule has 6 nitrogen and oxygen atoms in total. The lowest BCUT2D eigenvalue weighted by atomic mass is 9.92. The maximum atomic E-state index is 11.2. The van der Waals surface area contributed by atoms with Crippen LogP contribution in [0, 0.1) is 0 Å². The largest absolute Gasteiger partial charge is 0.391 e. The van der Waals surface area contributed by atoms with Crippen molar-refractivity contribution in [2.75, 3.05) is 6.61 Å². The van der Waals surface area contributed by atoms with Crippen molar-refractivity contribution >= 4 is 0 Å². The summed E-state index contributed by atoms with van der Waals surface area (Å²) in [6.07, 6.45) is -7.72. The summed E-state index contributed by atoms with van der Waals surface area (Å²) in [5.74, 6) is 0. The first-order chi connectivity index (χ1) is 18.0. The number of aliphatic hydroxyl groups is 2. The Morgan fingerprint density at radius 2 is 1.29 bits per heavy atom. The average Bonchev–Trinajstić information content (AvgIpc) is 2.94. The van der Waals surface area contributed by atoms with Crippen LogP contribution < -0.4 is 0 Å². The van der Waals surface area contributed by atoms with Crippen LogP contribution in [0.3, 0.4) is 0 Å². The third-order valence-electron chi connectivity index (χ3n) is 5.87. The maximum Gasteiger partial charge on any atom is 0.115 e. The van der Waals surface area contributed by atoms with Crippen molar-refractivity contribution in [2.24, 2.45) is 0 Å². The lowest BCUT2D eigenvalue weighted by molar-refractivity contribution is -0.274. The van der Waals surface area contributed by atoms with Crippen LogP contribution in [0.1, 0.15) is 26.3 Å². The van der Waals surface area contributed by atoms with Gasteiger partial charge in [0.15, 0.2) is 0 Å². The Kier molecular flexibility index (Phi) is 8.44. The van der Waals surface area contributed by atoms with Gasteiger partial charge < -0.3 is 29.2 Å². The maximum absolute atomic E-state index is 11.2. The molecule has 6 heteroatoms. The molecule has 1 fully saturated rings. The van der Waals surface area contributed by atoms with E-state index in [0.29, 0.717) is 0 Å². The molecule has 0 radical (unpaired) electrons. The van der Waals surface area contributed by atoms with Gasteiger partial charge in [-0.15, -0.1) is 0 Å². The molecule has 0 bridgehead atoms. The topological polar surface area (TPSA) is 77.4 Å². The van der Waals surface area contributed by atoms with E-state index in [2.05, 4.69) is 0 Å². The van der Waals surface area contributed by atoms with E-state index in [9.17, 15) is 11.6 Å². The smallest absolute Gasteiger partial charge is 0.115 e. The molecule has 1 aliphatic rings. The van der Waals surface area contributed by atoms with Gasteiger partial charge in [0, 0.05) is 1.37 Å². The fraction of sp³-hybridized carbons (Fsp3) is 0.379. The molecule has 3 aromatic rings. The zero-order chi connectivity index (χ0) is 26.1. The summed E-state index contributed by atoms with van der Waals surface area (Å²) in [5.41, 5.74) is 2.71. The molecule has 0 aromatic heterocycles. The summed E-state index contributed by atoms with van der Waals surface area (Å²) in [7, 11) is 0. The highest BCUT2D eigenvalue weighted by Gasteiger charge is 2.48. The van der Waals surface area contributed by atoms with Crippen LogP contribution in [0.5, 0.6) is 0 Å². The Balaban J connectivity index is 1.58. The van der Waals surface area contributed by atoms with E-state index in [-0.39, 0.29) is 26.4 Å². The number of hydrogen-bond acceptors (Lipinski definition) is 6. The minimum absolute atomic E-state index is 0.164. The molecular formula is C29H34O6. The van der Waals surface area contributed by atoms with Crippen molar-refractivity contribution < 1.29 is 31.9 Å². The third kappa shape index (κ3) is 7.21. The fourth-order valence-electron chi connectivity index (χ4n) is 4.03. The van der Waals surface area contributed by atoms with Crippen molar-refractivity contribution in [3.8, 4) is 0 Å². The van der Waals surface area contributed by atoms with E-state index in [4.69, 9.17) is 20.3 Å². The van der Waals surface area contributed by atoms with Gasteiger partial charge in [0.05, 0.1) is 33.9 Å². The number of aliphatic hydroxyl groups excluding tert-OH is 2. The van der Waals surface area contributed by atoms with Crippen LogP contribution in [-0.4, -0.2) is 53.4 Å². The first kappa shape index (κ1) is 22.9. The Labute approximate surface area is 209 Å². The third-order valence-corrected chi connectivity index (χ3v) is 5.87. The zero-order valence-corrected chi connectivity index (χ0v) is 19.6. The molecule has 3 aromatic carbocycles. The van der Waals surface area contributed by atoms with Crippen molar-refractivity contribution in [3.05, 3.63) is 108 Å². The van der Waals surface area contributed by atoms with Crippen LogP contribution in [0.2, 0.25) is 0 Å². The molecule has 0 saturated carbocycles. The first-order valence-corrected chi connectivity index (χ1v) is 11.8. The summed E-state index contributed by atoms with van der Waals surface area (Å²) >= 11 is 0. The van der Waals surface area contributed by atoms with Crippen LogP contribution in [0.4, 0.5) is 0 Å². The highest BCUT2D eigenvalue weighted by molar-refractivity contribution is 5.15. The van der Waals surface area contributed by atoms with Gasteiger partial charge in [-0.2, -0.15) is 0 Å². The number of benzene rings is 3. The van der Waals surface area contributed by atoms with Gasteiger partial charge in [-0.1, -0.05) is 91.0 Å². The van der Waals surface area contributed by atoms with Gasteiger partial charge in [-0.3, -0.25) is 0 Å². The molecule has 2 N–H and O–H groups in total. The standard InChI is InChI=1S/C29H34O6/c1-21(30)27-26(31)29(34-19-24-15-9-4-10-16-24)28(33-18-23-13-7-3-8-14-23)25(35-27)20-32-17-22-11-5-2-6-12-22/h2-16,21,25-31H,17-20H2,1H3/t21-,25+,26-,27+,28+,29+/m0/s1/i1D,25D. The molecule has 1 heterocycles. The second kappa shape index (κ2) is 12.9. The van der Waals surface area contributed by atoms with Crippen molar-refractivity contribution in [1.82, 2.24) is 0 Å². The minimum atomic E-state index is -1.81. The first-order valence-electron chi connectivity index (χ1n) is 13.0. The number of hydrogen-bond donors (Lipinski definition) is 2. The van der Waals surface area contributed by atoms with Gasteiger partial charge in [-0.05, 0) is 23.6 Å². The van der Waals surface area contributed by atoms with Gasteiger partial charge in [-0.25, -0.2) is 0 Å². The van der Waals surface area contributed by atoms with Crippen LogP contribution >= 0.6 is 0 Å². The Hall–Kier alpha value is -2.58. The average molecular weight is 481 g/mol. The summed E-state index contributed by atoms with van der Waals surface area (Å²) in [4.78, 5) is 0. The van der Waals surface area contributed by atoms with E-state index in [0.717, 1.165) is 16.7 Å². The highest BCUT2D eigenvalue weighted by Crippen LogP contribution is 2.29. The molecule has 186 valence electrons. The summed E-state index contributed by atoms with van der Waals surface area (Å²) in [6, 6.07) is 28.6. The van der Waals surface area contributed by atoms with E-state index in [1.54, 1.807) is 0 Å². The predicted molar refractivity (Wildman–Crippen MR) is 132 cm³/mol. The van der Waals surface area contributed by atoms with Gasteiger partial charge in [0.25, 0.3) is 0 Å². The molecular weight excluding hydrogens is 444 g/mol. The fourth-order valence-corrected chi connectivity index (χ4v) is 4.03. The molecule has 0 aliphatic carbocycles. The molecule has 0 amide bonds. The number of rotatable bonds is 11. The second-order valence-electron chi connectivity index (χ2n) is 8.56. The minimum Gasteiger partial charge on any atom is -0.391 e. The molecule has 4 rings (SSSR count). The molecule has 1 aliphatic heterocycles. The lowest BCUT2D eigenvalue weighted by Crippen LogP contribution is -2.62. The summed E-state index contributed by atoms with van der Waals surface area (Å²) < 4.78 is 41.2. The molecule has 0 spiro atoms. The molecule has 0 unspecified atom stereocenters. The van der Waals surface area contributed by atoms with Crippen LogP contribution in [-0.2, 0) is 38.8 Å². The van der Waals surface area contributed by atoms with Gasteiger partial charge in [0.1, 0.15) is 30.5 Å². The van der Waals surface area contributed by atoms with E-state index in [1.807, 2.05) is 91.0 Å². The lowest BCUT2D eigenvalue weighted by Gasteiger charge is -2.45. The van der Waals surface area contributed by atoms with Crippen molar-refractivity contribution in [2.45, 2.75) is 63.3 Å². The van der Waals surface area contributed by atoms with Crippen molar-refractivity contribution in [1.29, 1.82) is 0 Å². The SMILES string of the molecule is [2H]C[C@H](O)[C@H]1O[C@]([2H])(COCc2ccccc2)[C@@H](OCc2ccccc2)[C@H](OCc2ccccc2)[C@H]1O. The van der Waals surface area contributed by atoms with Gasteiger partial charge >= 0.3 is 0 Å². The highest BCUT2D eigenvalue weighted by atomic mass is 16.6. The van der Waals surface area contributed by atoms with E-state index < -0.39 is 43.5 Å². The normalized spacial score (nSPS) is 28.2. The number of ether oxygens (including phenoxy) is 4. The Bertz CT molecular complexity index is 1060. The Morgan fingerprint density at radius 1 is 0.800 bits per heavy atom. The summed E-state index contributed by atoms with van der Waals surface area (Å²) in [6.45, 7) is -0.0136. The molecule has 35 heavy (non-hydrogen) atoms. The van der Waals surface area contributed by atoms with Crippen LogP contribution in [0.25, 0.3) is 0 Å². The Morgan fingerprint density at radius 3 is 1.80 bits per heavy atom. The van der Waals surface area contributed by atoms with E-state index >= 15 is 0 Å². The predicted octanol–water partition coefficient (Wildman–Crippen LogP) is 3.88. The quantitative estimate of drug-likeness (QED) is 0.434. The van der Waals surface area contributed by atoms with Gasteiger partial charge in [0.2, 0.25) is 0 Å². The molecule has 6 atom stereocenters.